The number of aliphatic hydroxyl groups is 1. The van der Waals surface area contributed by atoms with E-state index in [0.29, 0.717) is 24.2 Å². The molecule has 2 N–H and O–H groups in total. The van der Waals surface area contributed by atoms with Crippen LogP contribution in [0.25, 0.3) is 28.4 Å². The highest BCUT2D eigenvalue weighted by Gasteiger charge is 2.22. The summed E-state index contributed by atoms with van der Waals surface area (Å²) in [5, 5.41) is 13.0. The van der Waals surface area contributed by atoms with E-state index in [9.17, 15) is 5.11 Å². The minimum atomic E-state index is -0.595. The molecule has 0 amide bonds. The molecule has 0 unspecified atom stereocenters. The molecular weight excluding hydrogens is 458 g/mol. The standard InChI is InChI=1S/C26H31N7O3/c1-27-14-20(34)17-36-21-5-3-4-18(12-21)26-30-22(23-15-29-25-16-28-8-9-33(23)25)13-24(31-26)32(2)19-6-10-35-11-7-19/h3-5,8-9,12-13,15-16,19-20,27,34H,6-7,10-11,14,17H2,1-2H3/t20-/m0/s1. The number of nitrogens with one attached hydrogen (secondary N) is 1. The van der Waals surface area contributed by atoms with Gasteiger partial charge in [-0.15, -0.1) is 0 Å². The molecule has 1 aliphatic rings. The van der Waals surface area contributed by atoms with Crippen LogP contribution < -0.4 is 15.0 Å². The van der Waals surface area contributed by atoms with Gasteiger partial charge in [0.1, 0.15) is 24.3 Å². The number of benzene rings is 1. The molecule has 0 saturated carbocycles. The number of aromatic nitrogens is 5. The lowest BCUT2D eigenvalue weighted by Crippen LogP contribution is -2.37. The normalized spacial score (nSPS) is 15.2. The van der Waals surface area contributed by atoms with Crippen molar-refractivity contribution in [2.45, 2.75) is 25.0 Å². The maximum Gasteiger partial charge on any atom is 0.162 e. The predicted octanol–water partition coefficient (Wildman–Crippen LogP) is 2.43. The largest absolute Gasteiger partial charge is 0.491 e. The fourth-order valence-corrected chi connectivity index (χ4v) is 4.38. The van der Waals surface area contributed by atoms with Gasteiger partial charge in [0.2, 0.25) is 0 Å². The molecule has 1 saturated heterocycles. The number of anilines is 1. The monoisotopic (exact) mass is 489 g/mol. The molecule has 10 nitrogen and oxygen atoms in total. The minimum Gasteiger partial charge on any atom is -0.491 e. The summed E-state index contributed by atoms with van der Waals surface area (Å²) in [7, 11) is 3.87. The van der Waals surface area contributed by atoms with Crippen LogP contribution in [0, 0.1) is 0 Å². The van der Waals surface area contributed by atoms with E-state index in [1.807, 2.05) is 47.1 Å². The Morgan fingerprint density at radius 1 is 1.22 bits per heavy atom. The van der Waals surface area contributed by atoms with Gasteiger partial charge in [-0.2, -0.15) is 0 Å². The van der Waals surface area contributed by atoms with E-state index in [2.05, 4.69) is 27.2 Å². The molecule has 0 spiro atoms. The van der Waals surface area contributed by atoms with Crippen LogP contribution in [0.3, 0.4) is 0 Å². The lowest BCUT2D eigenvalue weighted by Gasteiger charge is -2.32. The Balaban J connectivity index is 1.53. The Bertz CT molecular complexity index is 1310. The Morgan fingerprint density at radius 2 is 2.08 bits per heavy atom. The summed E-state index contributed by atoms with van der Waals surface area (Å²) in [5.41, 5.74) is 3.21. The highest BCUT2D eigenvalue weighted by molar-refractivity contribution is 5.68. The van der Waals surface area contributed by atoms with Gasteiger partial charge in [-0.1, -0.05) is 12.1 Å². The number of fused-ring (bicyclic) bond motifs is 1. The number of likely N-dealkylation sites (N-methyl/N-ethyl adjacent to an activating group) is 1. The molecule has 1 fully saturated rings. The molecule has 3 aromatic heterocycles. The van der Waals surface area contributed by atoms with Crippen molar-refractivity contribution in [2.24, 2.45) is 0 Å². The molecule has 0 bridgehead atoms. The molecule has 1 aliphatic heterocycles. The van der Waals surface area contributed by atoms with Crippen LogP contribution in [-0.2, 0) is 4.74 Å². The first kappa shape index (κ1) is 24.1. The second-order valence-electron chi connectivity index (χ2n) is 8.89. The first-order valence-corrected chi connectivity index (χ1v) is 12.2. The van der Waals surface area contributed by atoms with E-state index >= 15 is 0 Å². The number of hydrogen-bond donors (Lipinski definition) is 2. The molecular formula is C26H31N7O3. The van der Waals surface area contributed by atoms with Crippen molar-refractivity contribution in [3.8, 4) is 28.5 Å². The van der Waals surface area contributed by atoms with Crippen LogP contribution >= 0.6 is 0 Å². The smallest absolute Gasteiger partial charge is 0.162 e. The number of ether oxygens (including phenoxy) is 2. The third-order valence-electron chi connectivity index (χ3n) is 6.37. The molecule has 10 heteroatoms. The average molecular weight is 490 g/mol. The van der Waals surface area contributed by atoms with Gasteiger partial charge in [0, 0.05) is 56.9 Å². The number of imidazole rings is 1. The van der Waals surface area contributed by atoms with Crippen molar-refractivity contribution in [3.05, 3.63) is 55.1 Å². The molecule has 1 aromatic carbocycles. The van der Waals surface area contributed by atoms with E-state index in [-0.39, 0.29) is 6.61 Å². The Kier molecular flexibility index (Phi) is 7.36. The summed E-state index contributed by atoms with van der Waals surface area (Å²) in [4.78, 5) is 20.8. The van der Waals surface area contributed by atoms with E-state index in [1.165, 1.54) is 0 Å². The van der Waals surface area contributed by atoms with Gasteiger partial charge in [-0.3, -0.25) is 9.38 Å². The van der Waals surface area contributed by atoms with Crippen LogP contribution in [-0.4, -0.2) is 82.0 Å². The van der Waals surface area contributed by atoms with E-state index < -0.39 is 6.10 Å². The third-order valence-corrected chi connectivity index (χ3v) is 6.37. The highest BCUT2D eigenvalue weighted by atomic mass is 16.5. The number of rotatable bonds is 9. The zero-order valence-electron chi connectivity index (χ0n) is 20.5. The van der Waals surface area contributed by atoms with Crippen molar-refractivity contribution >= 4 is 11.5 Å². The van der Waals surface area contributed by atoms with Crippen LogP contribution in [0.4, 0.5) is 5.82 Å². The topological polar surface area (TPSA) is 110 Å². The fourth-order valence-electron chi connectivity index (χ4n) is 4.38. The SMILES string of the molecule is CNC[C@H](O)COc1cccc(-c2nc(-c3cnc4cnccn34)cc(N(C)C3CCOCC3)n2)c1. The Morgan fingerprint density at radius 3 is 2.92 bits per heavy atom. The quantitative estimate of drug-likeness (QED) is 0.366. The zero-order valence-corrected chi connectivity index (χ0v) is 20.5. The molecule has 36 heavy (non-hydrogen) atoms. The molecule has 5 rings (SSSR count). The van der Waals surface area contributed by atoms with Gasteiger partial charge in [0.15, 0.2) is 11.5 Å². The average Bonchev–Trinajstić information content (AvgIpc) is 3.36. The van der Waals surface area contributed by atoms with E-state index in [1.54, 1.807) is 19.4 Å². The van der Waals surface area contributed by atoms with E-state index in [0.717, 1.165) is 54.5 Å². The van der Waals surface area contributed by atoms with Gasteiger partial charge >= 0.3 is 0 Å². The lowest BCUT2D eigenvalue weighted by atomic mass is 10.1. The molecule has 4 heterocycles. The Hall–Kier alpha value is -3.60. The second kappa shape index (κ2) is 11.0. The first-order valence-electron chi connectivity index (χ1n) is 12.2. The van der Waals surface area contributed by atoms with Gasteiger partial charge in [0.05, 0.1) is 23.8 Å². The van der Waals surface area contributed by atoms with Crippen LogP contribution in [0.15, 0.2) is 55.1 Å². The number of nitrogens with zero attached hydrogens (tertiary/aromatic N) is 6. The van der Waals surface area contributed by atoms with Crippen molar-refractivity contribution in [3.63, 3.8) is 0 Å². The first-order chi connectivity index (χ1) is 17.6. The van der Waals surface area contributed by atoms with Gasteiger partial charge in [0.25, 0.3) is 0 Å². The van der Waals surface area contributed by atoms with Crippen LogP contribution in [0.1, 0.15) is 12.8 Å². The van der Waals surface area contributed by atoms with Crippen molar-refractivity contribution in [1.82, 2.24) is 29.7 Å². The Labute approximate surface area is 210 Å². The van der Waals surface area contributed by atoms with Gasteiger partial charge < -0.3 is 24.8 Å². The summed E-state index contributed by atoms with van der Waals surface area (Å²) in [6, 6.07) is 9.99. The van der Waals surface area contributed by atoms with Crippen LogP contribution in [0.5, 0.6) is 5.75 Å². The van der Waals surface area contributed by atoms with Crippen molar-refractivity contribution in [2.75, 3.05) is 45.4 Å². The van der Waals surface area contributed by atoms with Gasteiger partial charge in [-0.25, -0.2) is 15.0 Å². The van der Waals surface area contributed by atoms with E-state index in [4.69, 9.17) is 19.4 Å². The fraction of sp³-hybridized carbons (Fsp3) is 0.385. The molecule has 4 aromatic rings. The predicted molar refractivity (Wildman–Crippen MR) is 137 cm³/mol. The molecule has 188 valence electrons. The molecule has 0 radical (unpaired) electrons. The van der Waals surface area contributed by atoms with Gasteiger partial charge in [-0.05, 0) is 32.0 Å². The summed E-state index contributed by atoms with van der Waals surface area (Å²) >= 11 is 0. The van der Waals surface area contributed by atoms with Crippen molar-refractivity contribution < 1.29 is 14.6 Å². The second-order valence-corrected chi connectivity index (χ2v) is 8.89. The number of hydrogen-bond acceptors (Lipinski definition) is 9. The number of aliphatic hydroxyl groups excluding tert-OH is 1. The van der Waals surface area contributed by atoms with Crippen molar-refractivity contribution in [1.29, 1.82) is 0 Å². The summed E-state index contributed by atoms with van der Waals surface area (Å²) < 4.78 is 13.4. The lowest BCUT2D eigenvalue weighted by molar-refractivity contribution is 0.0853. The zero-order chi connectivity index (χ0) is 24.9. The molecule has 1 atom stereocenters. The van der Waals surface area contributed by atoms with Crippen LogP contribution in [0.2, 0.25) is 0 Å². The maximum atomic E-state index is 10.0. The minimum absolute atomic E-state index is 0.193. The highest BCUT2D eigenvalue weighted by Crippen LogP contribution is 2.29. The summed E-state index contributed by atoms with van der Waals surface area (Å²) in [5.74, 6) is 2.07. The molecule has 0 aliphatic carbocycles. The summed E-state index contributed by atoms with van der Waals surface area (Å²) in [6.07, 6.45) is 8.46. The maximum absolute atomic E-state index is 10.0. The summed E-state index contributed by atoms with van der Waals surface area (Å²) in [6.45, 7) is 2.15. The third kappa shape index (κ3) is 5.30.